The topological polar surface area (TPSA) is 67.4 Å². The Labute approximate surface area is 169 Å². The van der Waals surface area contributed by atoms with Crippen molar-refractivity contribution in [1.29, 1.82) is 0 Å². The van der Waals surface area contributed by atoms with Gasteiger partial charge in [-0.2, -0.15) is 0 Å². The average molecular weight is 409 g/mol. The third-order valence-corrected chi connectivity index (χ3v) is 4.40. The van der Waals surface area contributed by atoms with Crippen molar-refractivity contribution in [1.82, 2.24) is 10.9 Å². The zero-order valence-electron chi connectivity index (χ0n) is 15.1. The Morgan fingerprint density at radius 3 is 2.33 bits per heavy atom. The third-order valence-electron chi connectivity index (χ3n) is 3.85. The quantitative estimate of drug-likeness (QED) is 0.475. The molecule has 0 saturated heterocycles. The summed E-state index contributed by atoms with van der Waals surface area (Å²) < 4.78 is 5.72. The van der Waals surface area contributed by atoms with E-state index in [1.807, 2.05) is 0 Å². The van der Waals surface area contributed by atoms with Crippen molar-refractivity contribution in [3.05, 3.63) is 63.6 Å². The molecule has 0 heterocycles. The molecule has 7 heteroatoms. The average Bonchev–Trinajstić information content (AvgIpc) is 2.66. The molecule has 2 rings (SSSR count). The summed E-state index contributed by atoms with van der Waals surface area (Å²) in [6, 6.07) is 11.4. The Hall–Kier alpha value is -2.24. The fraction of sp³-hybridized carbons (Fsp3) is 0.300. The minimum absolute atomic E-state index is 0.199. The van der Waals surface area contributed by atoms with E-state index in [4.69, 9.17) is 27.9 Å². The van der Waals surface area contributed by atoms with Crippen LogP contribution in [0.25, 0.3) is 0 Å². The first kappa shape index (κ1) is 21.1. The van der Waals surface area contributed by atoms with Gasteiger partial charge in [-0.3, -0.25) is 20.4 Å². The molecule has 27 heavy (non-hydrogen) atoms. The molecule has 0 aliphatic heterocycles. The molecule has 0 fully saturated rings. The van der Waals surface area contributed by atoms with Crippen molar-refractivity contribution in [2.45, 2.75) is 32.6 Å². The summed E-state index contributed by atoms with van der Waals surface area (Å²) >= 11 is 11.8. The lowest BCUT2D eigenvalue weighted by Gasteiger charge is -2.12. The van der Waals surface area contributed by atoms with Crippen molar-refractivity contribution in [3.63, 3.8) is 0 Å². The molecule has 0 atom stereocenters. The van der Waals surface area contributed by atoms with E-state index in [0.717, 1.165) is 25.7 Å². The molecule has 0 spiro atoms. The lowest BCUT2D eigenvalue weighted by Crippen LogP contribution is -2.41. The molecule has 2 aromatic carbocycles. The third kappa shape index (κ3) is 6.45. The lowest BCUT2D eigenvalue weighted by atomic mass is 10.2. The van der Waals surface area contributed by atoms with Crippen molar-refractivity contribution in [3.8, 4) is 5.75 Å². The second-order valence-corrected chi connectivity index (χ2v) is 6.78. The number of hydrogen-bond donors (Lipinski definition) is 2. The van der Waals surface area contributed by atoms with Gasteiger partial charge >= 0.3 is 0 Å². The normalized spacial score (nSPS) is 10.3. The van der Waals surface area contributed by atoms with Gasteiger partial charge in [-0.15, -0.1) is 0 Å². The number of rotatable bonds is 8. The van der Waals surface area contributed by atoms with Gasteiger partial charge in [0, 0.05) is 5.02 Å². The van der Waals surface area contributed by atoms with Crippen LogP contribution in [-0.4, -0.2) is 18.4 Å². The predicted octanol–water partition coefficient (Wildman–Crippen LogP) is 5.03. The second kappa shape index (κ2) is 10.8. The number of benzene rings is 2. The van der Waals surface area contributed by atoms with E-state index in [9.17, 15) is 9.59 Å². The monoisotopic (exact) mass is 408 g/mol. The number of carbonyl (C=O) groups is 2. The van der Waals surface area contributed by atoms with Crippen LogP contribution in [0.2, 0.25) is 10.0 Å². The highest BCUT2D eigenvalue weighted by Crippen LogP contribution is 2.21. The van der Waals surface area contributed by atoms with Gasteiger partial charge in [-0.1, -0.05) is 61.5 Å². The molecular weight excluding hydrogens is 387 g/mol. The number of unbranched alkanes of at least 4 members (excludes halogenated alkanes) is 3. The zero-order chi connectivity index (χ0) is 19.6. The minimum atomic E-state index is -0.539. The summed E-state index contributed by atoms with van der Waals surface area (Å²) in [5.41, 5.74) is 5.28. The Bertz CT molecular complexity index is 797. The molecule has 2 N–H and O–H groups in total. The summed E-state index contributed by atoms with van der Waals surface area (Å²) in [5.74, 6) is -0.536. The van der Waals surface area contributed by atoms with Crippen LogP contribution in [0.1, 0.15) is 53.3 Å². The van der Waals surface area contributed by atoms with Gasteiger partial charge in [-0.25, -0.2) is 0 Å². The number of halogens is 2. The van der Waals surface area contributed by atoms with Crippen molar-refractivity contribution >= 4 is 35.0 Å². The molecule has 0 bridgehead atoms. The first-order valence-corrected chi connectivity index (χ1v) is 9.56. The fourth-order valence-corrected chi connectivity index (χ4v) is 2.91. The summed E-state index contributed by atoms with van der Waals surface area (Å²) in [6.45, 7) is 2.68. The zero-order valence-corrected chi connectivity index (χ0v) is 16.6. The number of para-hydroxylation sites is 1. The van der Waals surface area contributed by atoms with Crippen LogP contribution in [0.5, 0.6) is 5.75 Å². The van der Waals surface area contributed by atoms with E-state index < -0.39 is 11.8 Å². The number of carbonyl (C=O) groups excluding carboxylic acids is 2. The number of nitrogens with one attached hydrogen (secondary N) is 2. The van der Waals surface area contributed by atoms with Crippen LogP contribution in [0.15, 0.2) is 42.5 Å². The highest BCUT2D eigenvalue weighted by atomic mass is 35.5. The maximum Gasteiger partial charge on any atom is 0.273 e. The second-order valence-electron chi connectivity index (χ2n) is 5.94. The smallest absolute Gasteiger partial charge is 0.273 e. The van der Waals surface area contributed by atoms with E-state index in [0.29, 0.717) is 22.9 Å². The van der Waals surface area contributed by atoms with Crippen molar-refractivity contribution in [2.24, 2.45) is 0 Å². The Kier molecular flexibility index (Phi) is 8.43. The van der Waals surface area contributed by atoms with E-state index in [-0.39, 0.29) is 10.6 Å². The van der Waals surface area contributed by atoms with E-state index in [1.54, 1.807) is 30.3 Å². The predicted molar refractivity (Wildman–Crippen MR) is 107 cm³/mol. The molecule has 2 amide bonds. The van der Waals surface area contributed by atoms with Gasteiger partial charge in [0.15, 0.2) is 0 Å². The summed E-state index contributed by atoms with van der Waals surface area (Å²) in [4.78, 5) is 24.6. The van der Waals surface area contributed by atoms with Gasteiger partial charge in [0.05, 0.1) is 22.8 Å². The molecule has 5 nitrogen and oxygen atoms in total. The van der Waals surface area contributed by atoms with E-state index in [1.165, 1.54) is 12.1 Å². The molecule has 0 aromatic heterocycles. The molecule has 0 radical (unpaired) electrons. The molecule has 0 unspecified atom stereocenters. The largest absolute Gasteiger partial charge is 0.493 e. The number of ether oxygens (including phenoxy) is 1. The first-order chi connectivity index (χ1) is 13.0. The van der Waals surface area contributed by atoms with Crippen LogP contribution in [0, 0.1) is 0 Å². The number of amides is 2. The number of hydrogen-bond acceptors (Lipinski definition) is 3. The van der Waals surface area contributed by atoms with E-state index in [2.05, 4.69) is 17.8 Å². The Balaban J connectivity index is 1.94. The molecular formula is C20H22Cl2N2O3. The van der Waals surface area contributed by atoms with Crippen molar-refractivity contribution < 1.29 is 14.3 Å². The summed E-state index contributed by atoms with van der Waals surface area (Å²) in [7, 11) is 0. The molecule has 144 valence electrons. The van der Waals surface area contributed by atoms with Gasteiger partial charge in [0.2, 0.25) is 0 Å². The molecule has 0 aliphatic rings. The summed E-state index contributed by atoms with van der Waals surface area (Å²) in [6.07, 6.45) is 4.32. The number of hydrazine groups is 1. The molecule has 0 saturated carbocycles. The van der Waals surface area contributed by atoms with Crippen LogP contribution in [-0.2, 0) is 0 Å². The maximum absolute atomic E-state index is 12.4. The van der Waals surface area contributed by atoms with Crippen LogP contribution in [0.4, 0.5) is 0 Å². The van der Waals surface area contributed by atoms with E-state index >= 15 is 0 Å². The lowest BCUT2D eigenvalue weighted by molar-refractivity contribution is 0.0844. The maximum atomic E-state index is 12.4. The van der Waals surface area contributed by atoms with Gasteiger partial charge < -0.3 is 4.74 Å². The van der Waals surface area contributed by atoms with Gasteiger partial charge in [0.1, 0.15) is 5.75 Å². The van der Waals surface area contributed by atoms with Gasteiger partial charge in [-0.05, 0) is 36.8 Å². The van der Waals surface area contributed by atoms with Crippen LogP contribution >= 0.6 is 23.2 Å². The highest BCUT2D eigenvalue weighted by molar-refractivity contribution is 6.36. The van der Waals surface area contributed by atoms with Crippen molar-refractivity contribution in [2.75, 3.05) is 6.61 Å². The van der Waals surface area contributed by atoms with Gasteiger partial charge in [0.25, 0.3) is 11.8 Å². The highest BCUT2D eigenvalue weighted by Gasteiger charge is 2.15. The minimum Gasteiger partial charge on any atom is -0.493 e. The summed E-state index contributed by atoms with van der Waals surface area (Å²) in [5, 5.41) is 0.621. The first-order valence-electron chi connectivity index (χ1n) is 8.80. The standard InChI is InChI=1S/C20H22Cl2N2O3/c1-2-3-4-7-12-27-18-9-6-5-8-16(18)20(26)24-23-19(25)15-11-10-14(21)13-17(15)22/h5-6,8-11,13H,2-4,7,12H2,1H3,(H,23,25)(H,24,26). The SMILES string of the molecule is CCCCCCOc1ccccc1C(=O)NNC(=O)c1ccc(Cl)cc1Cl. The fourth-order valence-electron chi connectivity index (χ4n) is 2.41. The molecule has 2 aromatic rings. The van der Waals surface area contributed by atoms with Crippen LogP contribution < -0.4 is 15.6 Å². The Morgan fingerprint density at radius 1 is 0.926 bits per heavy atom. The molecule has 0 aliphatic carbocycles. The van der Waals surface area contributed by atoms with Crippen LogP contribution in [0.3, 0.4) is 0 Å². The Morgan fingerprint density at radius 2 is 1.63 bits per heavy atom.